The van der Waals surface area contributed by atoms with Crippen LogP contribution in [0.4, 0.5) is 0 Å². The van der Waals surface area contributed by atoms with Crippen molar-refractivity contribution in [2.45, 2.75) is 0 Å². The van der Waals surface area contributed by atoms with Crippen LogP contribution in [0.15, 0.2) is 0 Å². The highest BCUT2D eigenvalue weighted by molar-refractivity contribution is 7.48. The first-order valence-corrected chi connectivity index (χ1v) is 12.5. The van der Waals surface area contributed by atoms with Gasteiger partial charge in [-0.2, -0.15) is 18.5 Å². The van der Waals surface area contributed by atoms with Crippen molar-refractivity contribution in [1.82, 2.24) is 10.5 Å². The highest BCUT2D eigenvalue weighted by atomic mass is 31.2. The molecule has 0 aromatic heterocycles. The quantitative estimate of drug-likeness (QED) is 0.175. The molecule has 0 rings (SSSR count). The van der Waals surface area contributed by atoms with Crippen molar-refractivity contribution in [1.29, 1.82) is 0 Å². The Morgan fingerprint density at radius 1 is 0.536 bits per heavy atom. The lowest BCUT2D eigenvalue weighted by Crippen LogP contribution is -2.34. The minimum atomic E-state index is -4.82. The van der Waals surface area contributed by atoms with Crippen molar-refractivity contribution < 1.29 is 74.4 Å². The lowest BCUT2D eigenvalue weighted by atomic mass is 10.7. The van der Waals surface area contributed by atoms with E-state index in [4.69, 9.17) is 0 Å². The topological polar surface area (TPSA) is 230 Å². The van der Waals surface area contributed by atoms with Gasteiger partial charge in [-0.3, -0.25) is 18.1 Å². The molecule has 0 radical (unpaired) electrons. The average molecular weight is 500 g/mol. The third-order valence-corrected chi connectivity index (χ3v) is 5.56. The van der Waals surface area contributed by atoms with E-state index in [1.807, 2.05) is 0 Å². The van der Waals surface area contributed by atoms with Crippen LogP contribution in [0.1, 0.15) is 0 Å². The van der Waals surface area contributed by atoms with Gasteiger partial charge in [0, 0.05) is 28.4 Å². The number of hydrogen-bond acceptors (Lipinski definition) is 14. The van der Waals surface area contributed by atoms with Gasteiger partial charge in [-0.25, -0.2) is 18.3 Å². The van der Waals surface area contributed by atoms with Crippen LogP contribution in [0.25, 0.3) is 0 Å². The summed E-state index contributed by atoms with van der Waals surface area (Å²) in [6.45, 7) is -1.81. The van der Waals surface area contributed by atoms with Crippen molar-refractivity contribution >= 4 is 31.3 Å². The maximum absolute atomic E-state index is 11.5. The zero-order chi connectivity index (χ0) is 22.2. The van der Waals surface area contributed by atoms with Gasteiger partial charge in [-0.1, -0.05) is 0 Å². The Morgan fingerprint density at radius 3 is 0.857 bits per heavy atom. The molecule has 170 valence electrons. The second-order valence-electron chi connectivity index (χ2n) is 4.04. The summed E-state index contributed by atoms with van der Waals surface area (Å²) in [5.74, 6) is 0. The third kappa shape index (κ3) is 12.1. The number of hydrogen-bond donors (Lipinski definition) is 4. The summed E-state index contributed by atoms with van der Waals surface area (Å²) in [5, 5.41) is -0.197. The molecule has 4 atom stereocenters. The fraction of sp³-hybridized carbons (Fsp3) is 1.00. The smallest absolute Gasteiger partial charge is 0.301 e. The lowest BCUT2D eigenvalue weighted by Gasteiger charge is -2.26. The Kier molecular flexibility index (Phi) is 11.8. The van der Waals surface area contributed by atoms with E-state index in [0.717, 1.165) is 28.4 Å². The molecule has 0 fully saturated rings. The standard InChI is InChI=1S/C6H20N2O16P4/c1-17-25(9,10)21-7(22-26(11,12)18-2)5-6-8(23-27(13,14)19-3)24-28(15,16)20-4/h5-6H2,1-4H3,(H,9,10)(H,11,12)(H,13,14)(H,15,16). The fourth-order valence-electron chi connectivity index (χ4n) is 0.950. The van der Waals surface area contributed by atoms with E-state index in [9.17, 15) is 37.8 Å². The van der Waals surface area contributed by atoms with Gasteiger partial charge in [-0.15, -0.1) is 0 Å². The predicted octanol–water partition coefficient (Wildman–Crippen LogP) is 0.304. The van der Waals surface area contributed by atoms with Crippen molar-refractivity contribution in [2.24, 2.45) is 0 Å². The van der Waals surface area contributed by atoms with Crippen molar-refractivity contribution in [2.75, 3.05) is 41.5 Å². The van der Waals surface area contributed by atoms with Gasteiger partial charge in [0.2, 0.25) is 0 Å². The van der Waals surface area contributed by atoms with Gasteiger partial charge in [0.05, 0.1) is 13.1 Å². The summed E-state index contributed by atoms with van der Waals surface area (Å²) < 4.78 is 79.4. The zero-order valence-corrected chi connectivity index (χ0v) is 18.4. The Hall–Kier alpha value is 0.360. The Balaban J connectivity index is 5.40. The van der Waals surface area contributed by atoms with Crippen molar-refractivity contribution in [3.8, 4) is 0 Å². The maximum Gasteiger partial charge on any atom is 0.490 e. The molecule has 0 spiro atoms. The molecule has 4 unspecified atom stereocenters. The summed E-state index contributed by atoms with van der Waals surface area (Å²) in [5.41, 5.74) is 0. The van der Waals surface area contributed by atoms with Gasteiger partial charge in [-0.05, 0) is 10.5 Å². The summed E-state index contributed by atoms with van der Waals surface area (Å²) in [7, 11) is -16.3. The molecule has 0 amide bonds. The molecule has 0 saturated heterocycles. The van der Waals surface area contributed by atoms with Gasteiger partial charge >= 0.3 is 31.3 Å². The van der Waals surface area contributed by atoms with Gasteiger partial charge in [0.1, 0.15) is 0 Å². The molecule has 0 aliphatic carbocycles. The average Bonchev–Trinajstić information content (AvgIpc) is 2.58. The molecule has 0 aromatic rings. The van der Waals surface area contributed by atoms with Gasteiger partial charge in [0.15, 0.2) is 0 Å². The molecule has 4 N–H and O–H groups in total. The first kappa shape index (κ1) is 28.4. The largest absolute Gasteiger partial charge is 0.490 e. The Bertz CT molecular complexity index is 564. The van der Waals surface area contributed by atoms with E-state index in [-0.39, 0.29) is 10.5 Å². The van der Waals surface area contributed by atoms with E-state index in [2.05, 4.69) is 36.6 Å². The molecule has 0 saturated carbocycles. The Labute approximate surface area is 158 Å². The number of rotatable bonds is 15. The minimum absolute atomic E-state index is 0.0987. The van der Waals surface area contributed by atoms with Crippen LogP contribution in [0.3, 0.4) is 0 Å². The van der Waals surface area contributed by atoms with E-state index in [1.54, 1.807) is 0 Å². The zero-order valence-electron chi connectivity index (χ0n) is 14.8. The van der Waals surface area contributed by atoms with Crippen LogP contribution in [-0.2, 0) is 54.9 Å². The van der Waals surface area contributed by atoms with Crippen LogP contribution < -0.4 is 0 Å². The minimum Gasteiger partial charge on any atom is -0.301 e. The third-order valence-electron chi connectivity index (χ3n) is 2.17. The molecule has 0 aliphatic heterocycles. The van der Waals surface area contributed by atoms with Gasteiger partial charge < -0.3 is 19.6 Å². The van der Waals surface area contributed by atoms with Crippen LogP contribution in [0, 0.1) is 0 Å². The van der Waals surface area contributed by atoms with Crippen LogP contribution in [0.2, 0.25) is 0 Å². The Morgan fingerprint density at radius 2 is 0.714 bits per heavy atom. The number of nitrogens with zero attached hydrogens (tertiary/aromatic N) is 2. The molecule has 28 heavy (non-hydrogen) atoms. The number of phosphoric acid groups is 4. The normalized spacial score (nSPS) is 21.1. The van der Waals surface area contributed by atoms with Crippen LogP contribution in [-0.4, -0.2) is 71.6 Å². The molecule has 18 nitrogen and oxygen atoms in total. The summed E-state index contributed by atoms with van der Waals surface area (Å²) >= 11 is 0. The van der Waals surface area contributed by atoms with E-state index < -0.39 is 44.4 Å². The van der Waals surface area contributed by atoms with Gasteiger partial charge in [0.25, 0.3) is 0 Å². The summed E-state index contributed by atoms with van der Waals surface area (Å²) in [6.07, 6.45) is 0. The fourth-order valence-corrected chi connectivity index (χ4v) is 2.70. The summed E-state index contributed by atoms with van der Waals surface area (Å²) in [6, 6.07) is 0. The molecule has 0 heterocycles. The van der Waals surface area contributed by atoms with E-state index >= 15 is 0 Å². The van der Waals surface area contributed by atoms with Crippen LogP contribution in [0.5, 0.6) is 0 Å². The molecule has 0 aliphatic rings. The predicted molar refractivity (Wildman–Crippen MR) is 85.1 cm³/mol. The van der Waals surface area contributed by atoms with Crippen LogP contribution >= 0.6 is 31.3 Å². The lowest BCUT2D eigenvalue weighted by molar-refractivity contribution is -0.314. The first-order valence-electron chi connectivity index (χ1n) is 6.49. The number of hydroxylamine groups is 4. The SMILES string of the molecule is COP(=O)(O)ON(CCN(OP(=O)(O)OC)OP(=O)(O)OC)OP(=O)(O)OC. The summed E-state index contributed by atoms with van der Waals surface area (Å²) in [4.78, 5) is 37.1. The second-order valence-corrected chi connectivity index (χ2v) is 9.91. The van der Waals surface area contributed by atoms with Crippen molar-refractivity contribution in [3.63, 3.8) is 0 Å². The number of phosphoric ester groups is 4. The first-order chi connectivity index (χ1) is 12.6. The van der Waals surface area contributed by atoms with E-state index in [0.29, 0.717) is 0 Å². The second kappa shape index (κ2) is 11.7. The molecular formula is C6H20N2O16P4. The molecule has 0 aromatic carbocycles. The molecule has 22 heteroatoms. The monoisotopic (exact) mass is 500 g/mol. The maximum atomic E-state index is 11.5. The molecular weight excluding hydrogens is 480 g/mol. The highest BCUT2D eigenvalue weighted by Gasteiger charge is 2.35. The van der Waals surface area contributed by atoms with Crippen molar-refractivity contribution in [3.05, 3.63) is 0 Å². The molecule has 0 bridgehead atoms. The highest BCUT2D eigenvalue weighted by Crippen LogP contribution is 2.50. The van der Waals surface area contributed by atoms with E-state index in [1.165, 1.54) is 0 Å².